The lowest BCUT2D eigenvalue weighted by atomic mass is 10.3. The number of hydrogen-bond acceptors (Lipinski definition) is 4. The number of amides is 1. The van der Waals surface area contributed by atoms with Crippen molar-refractivity contribution in [2.75, 3.05) is 6.26 Å². The molecule has 1 amide bonds. The van der Waals surface area contributed by atoms with Gasteiger partial charge in [0.1, 0.15) is 5.70 Å². The maximum atomic E-state index is 11.4. The van der Waals surface area contributed by atoms with Crippen LogP contribution in [-0.4, -0.2) is 17.3 Å². The van der Waals surface area contributed by atoms with Crippen molar-refractivity contribution in [2.24, 2.45) is 4.99 Å². The molecular formula is C9H8N2OS2. The first kappa shape index (κ1) is 9.48. The van der Waals surface area contributed by atoms with E-state index in [1.54, 1.807) is 17.4 Å². The predicted octanol–water partition coefficient (Wildman–Crippen LogP) is 1.94. The molecule has 0 radical (unpaired) electrons. The van der Waals surface area contributed by atoms with Gasteiger partial charge in [-0.15, -0.1) is 11.3 Å². The number of thiophene rings is 1. The van der Waals surface area contributed by atoms with Gasteiger partial charge in [-0.1, -0.05) is 17.8 Å². The van der Waals surface area contributed by atoms with E-state index in [9.17, 15) is 4.79 Å². The second-order valence-corrected chi connectivity index (χ2v) is 4.39. The van der Waals surface area contributed by atoms with Crippen LogP contribution in [0.1, 0.15) is 4.88 Å². The Labute approximate surface area is 89.9 Å². The molecule has 0 fully saturated rings. The molecule has 0 spiro atoms. The zero-order valence-electron chi connectivity index (χ0n) is 7.48. The van der Waals surface area contributed by atoms with E-state index in [-0.39, 0.29) is 5.91 Å². The van der Waals surface area contributed by atoms with Crippen LogP contribution in [0, 0.1) is 0 Å². The molecule has 0 aromatic carbocycles. The Kier molecular flexibility index (Phi) is 2.69. The van der Waals surface area contributed by atoms with Gasteiger partial charge in [-0.05, 0) is 23.8 Å². The van der Waals surface area contributed by atoms with Gasteiger partial charge in [0.2, 0.25) is 0 Å². The summed E-state index contributed by atoms with van der Waals surface area (Å²) < 4.78 is 0. The van der Waals surface area contributed by atoms with E-state index in [1.807, 2.05) is 23.8 Å². The number of hydrogen-bond donors (Lipinski definition) is 1. The lowest BCUT2D eigenvalue weighted by Gasteiger charge is -1.90. The molecule has 1 aromatic rings. The van der Waals surface area contributed by atoms with Gasteiger partial charge in [-0.2, -0.15) is 0 Å². The number of carbonyl (C=O) groups is 1. The van der Waals surface area contributed by atoms with Crippen molar-refractivity contribution in [3.05, 3.63) is 28.1 Å². The normalized spacial score (nSPS) is 18.5. The van der Waals surface area contributed by atoms with Gasteiger partial charge in [0.05, 0.1) is 0 Å². The minimum atomic E-state index is -0.122. The van der Waals surface area contributed by atoms with Crippen LogP contribution in [0.4, 0.5) is 0 Å². The molecule has 0 atom stereocenters. The third-order valence-corrected chi connectivity index (χ3v) is 3.09. The molecule has 0 saturated carbocycles. The van der Waals surface area contributed by atoms with Crippen molar-refractivity contribution in [1.29, 1.82) is 0 Å². The number of carbonyl (C=O) groups excluding carboxylic acids is 1. The molecule has 2 rings (SSSR count). The van der Waals surface area contributed by atoms with Crippen molar-refractivity contribution in [3.8, 4) is 0 Å². The Morgan fingerprint density at radius 2 is 2.50 bits per heavy atom. The summed E-state index contributed by atoms with van der Waals surface area (Å²) >= 11 is 3.02. The summed E-state index contributed by atoms with van der Waals surface area (Å²) in [6.45, 7) is 0. The zero-order chi connectivity index (χ0) is 9.97. The van der Waals surface area contributed by atoms with Crippen LogP contribution >= 0.6 is 23.1 Å². The molecule has 1 aromatic heterocycles. The van der Waals surface area contributed by atoms with Gasteiger partial charge in [0, 0.05) is 4.88 Å². The smallest absolute Gasteiger partial charge is 0.275 e. The van der Waals surface area contributed by atoms with Crippen LogP contribution in [0.5, 0.6) is 0 Å². The van der Waals surface area contributed by atoms with Crippen molar-refractivity contribution in [1.82, 2.24) is 5.32 Å². The first-order valence-corrected chi connectivity index (χ1v) is 6.09. The lowest BCUT2D eigenvalue weighted by molar-refractivity contribution is -0.115. The molecule has 1 aliphatic rings. The molecule has 1 aliphatic heterocycles. The number of amidine groups is 1. The summed E-state index contributed by atoms with van der Waals surface area (Å²) in [6, 6.07) is 3.90. The van der Waals surface area contributed by atoms with E-state index in [1.165, 1.54) is 11.8 Å². The summed E-state index contributed by atoms with van der Waals surface area (Å²) in [5.41, 5.74) is 0.483. The lowest BCUT2D eigenvalue weighted by Crippen LogP contribution is -2.21. The van der Waals surface area contributed by atoms with Gasteiger partial charge in [0.25, 0.3) is 5.91 Å². The number of nitrogens with one attached hydrogen (secondary N) is 1. The fourth-order valence-corrected chi connectivity index (χ4v) is 2.09. The molecule has 1 N–H and O–H groups in total. The van der Waals surface area contributed by atoms with Gasteiger partial charge in [0.15, 0.2) is 5.17 Å². The summed E-state index contributed by atoms with van der Waals surface area (Å²) in [4.78, 5) is 16.6. The van der Waals surface area contributed by atoms with Crippen molar-refractivity contribution in [2.45, 2.75) is 0 Å². The van der Waals surface area contributed by atoms with Gasteiger partial charge >= 0.3 is 0 Å². The standard InChI is InChI=1S/C9H8N2OS2/c1-13-9-10-7(8(12)11-9)5-6-3-2-4-14-6/h2-5H,1H3,(H,10,11,12)/b7-5+. The SMILES string of the molecule is CSC1=N/C(=C/c2cccs2)C(=O)N1. The second-order valence-electron chi connectivity index (χ2n) is 2.62. The molecule has 0 aliphatic carbocycles. The Morgan fingerprint density at radius 3 is 3.07 bits per heavy atom. The highest BCUT2D eigenvalue weighted by atomic mass is 32.2. The van der Waals surface area contributed by atoms with Crippen LogP contribution < -0.4 is 5.32 Å². The van der Waals surface area contributed by atoms with Crippen LogP contribution in [-0.2, 0) is 4.79 Å². The Bertz CT molecular complexity index is 406. The fourth-order valence-electron chi connectivity index (χ4n) is 1.05. The number of rotatable bonds is 1. The number of thioether (sulfide) groups is 1. The number of nitrogens with zero attached hydrogens (tertiary/aromatic N) is 1. The number of aliphatic imine (C=N–C) groups is 1. The minimum Gasteiger partial charge on any atom is -0.300 e. The molecule has 3 nitrogen and oxygen atoms in total. The van der Waals surface area contributed by atoms with Crippen molar-refractivity contribution < 1.29 is 4.79 Å². The van der Waals surface area contributed by atoms with E-state index in [0.29, 0.717) is 10.9 Å². The van der Waals surface area contributed by atoms with Gasteiger partial charge in [-0.25, -0.2) is 4.99 Å². The van der Waals surface area contributed by atoms with Crippen LogP contribution in [0.3, 0.4) is 0 Å². The van der Waals surface area contributed by atoms with E-state index in [4.69, 9.17) is 0 Å². The highest BCUT2D eigenvalue weighted by Crippen LogP contribution is 2.17. The highest BCUT2D eigenvalue weighted by molar-refractivity contribution is 8.13. The summed E-state index contributed by atoms with van der Waals surface area (Å²) in [5.74, 6) is -0.122. The first-order valence-electron chi connectivity index (χ1n) is 3.99. The van der Waals surface area contributed by atoms with Crippen molar-refractivity contribution >= 4 is 40.2 Å². The van der Waals surface area contributed by atoms with Gasteiger partial charge < -0.3 is 0 Å². The second kappa shape index (κ2) is 3.98. The van der Waals surface area contributed by atoms with Gasteiger partial charge in [-0.3, -0.25) is 10.1 Å². The third-order valence-electron chi connectivity index (χ3n) is 1.69. The fraction of sp³-hybridized carbons (Fsp3) is 0.111. The topological polar surface area (TPSA) is 41.5 Å². The van der Waals surface area contributed by atoms with E-state index >= 15 is 0 Å². The van der Waals surface area contributed by atoms with Crippen LogP contribution in [0.25, 0.3) is 6.08 Å². The monoisotopic (exact) mass is 224 g/mol. The third kappa shape index (κ3) is 1.88. The minimum absolute atomic E-state index is 0.122. The van der Waals surface area contributed by atoms with E-state index in [0.717, 1.165) is 4.88 Å². The average Bonchev–Trinajstić information content (AvgIpc) is 2.78. The Balaban J connectivity index is 2.27. The molecule has 5 heteroatoms. The molecule has 0 saturated heterocycles. The highest BCUT2D eigenvalue weighted by Gasteiger charge is 2.18. The molecule has 72 valence electrons. The molecular weight excluding hydrogens is 216 g/mol. The van der Waals surface area contributed by atoms with Crippen molar-refractivity contribution in [3.63, 3.8) is 0 Å². The summed E-state index contributed by atoms with van der Waals surface area (Å²) in [7, 11) is 0. The largest absolute Gasteiger partial charge is 0.300 e. The quantitative estimate of drug-likeness (QED) is 0.741. The van der Waals surface area contributed by atoms with Crippen LogP contribution in [0.2, 0.25) is 0 Å². The van der Waals surface area contributed by atoms with Crippen LogP contribution in [0.15, 0.2) is 28.2 Å². The van der Waals surface area contributed by atoms with E-state index < -0.39 is 0 Å². The zero-order valence-corrected chi connectivity index (χ0v) is 9.11. The molecule has 0 bridgehead atoms. The molecule has 14 heavy (non-hydrogen) atoms. The Hall–Kier alpha value is -1.07. The molecule has 0 unspecified atom stereocenters. The summed E-state index contributed by atoms with van der Waals surface area (Å²) in [5, 5.41) is 5.31. The van der Waals surface area contributed by atoms with E-state index in [2.05, 4.69) is 10.3 Å². The maximum absolute atomic E-state index is 11.4. The summed E-state index contributed by atoms with van der Waals surface area (Å²) in [6.07, 6.45) is 3.68. The predicted molar refractivity (Wildman–Crippen MR) is 61.4 cm³/mol. The average molecular weight is 224 g/mol. The maximum Gasteiger partial charge on any atom is 0.275 e. The Morgan fingerprint density at radius 1 is 1.64 bits per heavy atom. The first-order chi connectivity index (χ1) is 6.79. The molecule has 2 heterocycles.